The first-order valence-electron chi connectivity index (χ1n) is 6.67. The van der Waals surface area contributed by atoms with E-state index in [1.165, 1.54) is 42.7 Å². The van der Waals surface area contributed by atoms with Gasteiger partial charge in [-0.15, -0.1) is 11.8 Å². The van der Waals surface area contributed by atoms with Crippen molar-refractivity contribution in [1.82, 2.24) is 0 Å². The number of benzene rings is 1. The van der Waals surface area contributed by atoms with Crippen LogP contribution in [0.2, 0.25) is 0 Å². The summed E-state index contributed by atoms with van der Waals surface area (Å²) in [7, 11) is 0. The van der Waals surface area contributed by atoms with Gasteiger partial charge in [-0.1, -0.05) is 38.7 Å². The first kappa shape index (κ1) is 14.4. The highest BCUT2D eigenvalue weighted by molar-refractivity contribution is 7.98. The van der Waals surface area contributed by atoms with Gasteiger partial charge in [0.05, 0.1) is 0 Å². The fourth-order valence-electron chi connectivity index (χ4n) is 1.95. The fraction of sp³-hybridized carbons (Fsp3) is 0.600. The number of hydrogen-bond acceptors (Lipinski definition) is 2. The summed E-state index contributed by atoms with van der Waals surface area (Å²) >= 11 is 1.79. The highest BCUT2D eigenvalue weighted by atomic mass is 32.2. The van der Waals surface area contributed by atoms with Crippen LogP contribution < -0.4 is 5.32 Å². The molecule has 1 N–H and O–H groups in total. The van der Waals surface area contributed by atoms with Gasteiger partial charge in [0.15, 0.2) is 0 Å². The quantitative estimate of drug-likeness (QED) is 0.504. The van der Waals surface area contributed by atoms with Crippen LogP contribution in [0.25, 0.3) is 0 Å². The zero-order chi connectivity index (χ0) is 12.5. The van der Waals surface area contributed by atoms with Crippen LogP contribution in [0.4, 0.5) is 5.69 Å². The van der Waals surface area contributed by atoms with E-state index in [9.17, 15) is 0 Å². The van der Waals surface area contributed by atoms with E-state index in [1.54, 1.807) is 11.8 Å². The highest BCUT2D eigenvalue weighted by Crippen LogP contribution is 2.20. The molecule has 0 aromatic heterocycles. The number of hydrogen-bond donors (Lipinski definition) is 1. The molecule has 1 aromatic rings. The van der Waals surface area contributed by atoms with Gasteiger partial charge in [0, 0.05) is 16.6 Å². The molecule has 0 radical (unpaired) electrons. The largest absolute Gasteiger partial charge is 0.383 e. The summed E-state index contributed by atoms with van der Waals surface area (Å²) in [5.74, 6) is 0. The minimum Gasteiger partial charge on any atom is -0.383 e. The monoisotopic (exact) mass is 251 g/mol. The maximum absolute atomic E-state index is 3.58. The molecule has 0 fully saturated rings. The average molecular weight is 251 g/mol. The second-order valence-corrected chi connectivity index (χ2v) is 5.51. The molecule has 0 bridgehead atoms. The second kappa shape index (κ2) is 8.46. The topological polar surface area (TPSA) is 12.0 Å². The summed E-state index contributed by atoms with van der Waals surface area (Å²) in [6.45, 7) is 4.54. The van der Waals surface area contributed by atoms with Crippen LogP contribution in [0.3, 0.4) is 0 Å². The third-order valence-electron chi connectivity index (χ3n) is 2.97. The van der Waals surface area contributed by atoms with Crippen molar-refractivity contribution < 1.29 is 0 Å². The van der Waals surface area contributed by atoms with E-state index in [1.807, 2.05) is 0 Å². The number of unbranched alkanes of at least 4 members (excludes halogenated alkanes) is 3. The van der Waals surface area contributed by atoms with Gasteiger partial charge in [0.2, 0.25) is 0 Å². The molecule has 96 valence electrons. The molecule has 17 heavy (non-hydrogen) atoms. The van der Waals surface area contributed by atoms with Crippen molar-refractivity contribution >= 4 is 17.4 Å². The maximum Gasteiger partial charge on any atom is 0.0353 e. The van der Waals surface area contributed by atoms with E-state index in [0.717, 1.165) is 0 Å². The zero-order valence-electron chi connectivity index (χ0n) is 11.3. The van der Waals surface area contributed by atoms with Crippen molar-refractivity contribution in [3.63, 3.8) is 0 Å². The zero-order valence-corrected chi connectivity index (χ0v) is 12.1. The second-order valence-electron chi connectivity index (χ2n) is 4.63. The van der Waals surface area contributed by atoms with E-state index < -0.39 is 0 Å². The lowest BCUT2D eigenvalue weighted by Crippen LogP contribution is -2.14. The number of anilines is 1. The van der Waals surface area contributed by atoms with Crippen LogP contribution in [-0.2, 0) is 0 Å². The smallest absolute Gasteiger partial charge is 0.0353 e. The molecule has 0 amide bonds. The van der Waals surface area contributed by atoms with E-state index in [4.69, 9.17) is 0 Å². The van der Waals surface area contributed by atoms with Crippen molar-refractivity contribution in [3.8, 4) is 0 Å². The molecule has 0 heterocycles. The fourth-order valence-corrected chi connectivity index (χ4v) is 2.41. The van der Waals surface area contributed by atoms with Gasteiger partial charge < -0.3 is 5.32 Å². The predicted octanol–water partition coefficient (Wildman–Crippen LogP) is 5.18. The third-order valence-corrected chi connectivity index (χ3v) is 3.70. The average Bonchev–Trinajstić information content (AvgIpc) is 2.35. The number of nitrogens with one attached hydrogen (secondary N) is 1. The summed E-state index contributed by atoms with van der Waals surface area (Å²) in [5.41, 5.74) is 1.25. The Hall–Kier alpha value is -0.630. The van der Waals surface area contributed by atoms with Crippen LogP contribution >= 0.6 is 11.8 Å². The molecule has 1 rings (SSSR count). The van der Waals surface area contributed by atoms with Gasteiger partial charge in [-0.05, 0) is 37.8 Å². The Morgan fingerprint density at radius 1 is 1.24 bits per heavy atom. The van der Waals surface area contributed by atoms with Crippen molar-refractivity contribution in [1.29, 1.82) is 0 Å². The van der Waals surface area contributed by atoms with E-state index in [2.05, 4.69) is 49.7 Å². The summed E-state index contributed by atoms with van der Waals surface area (Å²) in [6.07, 6.45) is 8.78. The third kappa shape index (κ3) is 6.02. The van der Waals surface area contributed by atoms with Crippen molar-refractivity contribution in [2.75, 3.05) is 11.6 Å². The van der Waals surface area contributed by atoms with Crippen LogP contribution in [0, 0.1) is 0 Å². The van der Waals surface area contributed by atoms with E-state index in [-0.39, 0.29) is 0 Å². The van der Waals surface area contributed by atoms with Crippen LogP contribution in [0.1, 0.15) is 46.0 Å². The van der Waals surface area contributed by atoms with E-state index >= 15 is 0 Å². The normalized spacial score (nSPS) is 12.4. The molecule has 0 spiro atoms. The molecule has 2 heteroatoms. The van der Waals surface area contributed by atoms with Gasteiger partial charge >= 0.3 is 0 Å². The minimum atomic E-state index is 0.573. The Morgan fingerprint density at radius 2 is 2.06 bits per heavy atom. The molecular weight excluding hydrogens is 226 g/mol. The minimum absolute atomic E-state index is 0.573. The molecular formula is C15H25NS. The Kier molecular flexibility index (Phi) is 7.18. The van der Waals surface area contributed by atoms with Crippen LogP contribution in [-0.4, -0.2) is 12.3 Å². The van der Waals surface area contributed by atoms with Crippen molar-refractivity contribution in [2.45, 2.75) is 56.9 Å². The molecule has 1 nitrogen and oxygen atoms in total. The van der Waals surface area contributed by atoms with Crippen molar-refractivity contribution in [2.24, 2.45) is 0 Å². The molecule has 1 aromatic carbocycles. The Bertz CT molecular complexity index is 312. The van der Waals surface area contributed by atoms with Gasteiger partial charge in [0.25, 0.3) is 0 Å². The molecule has 0 aliphatic rings. The molecule has 1 unspecified atom stereocenters. The number of rotatable bonds is 8. The maximum atomic E-state index is 3.58. The van der Waals surface area contributed by atoms with E-state index in [0.29, 0.717) is 6.04 Å². The van der Waals surface area contributed by atoms with Crippen LogP contribution in [0.5, 0.6) is 0 Å². The summed E-state index contributed by atoms with van der Waals surface area (Å²) in [5, 5.41) is 3.58. The van der Waals surface area contributed by atoms with Gasteiger partial charge in [-0.3, -0.25) is 0 Å². The SMILES string of the molecule is CCCCCCC(C)Nc1cccc(SC)c1. The van der Waals surface area contributed by atoms with Gasteiger partial charge in [-0.2, -0.15) is 0 Å². The first-order chi connectivity index (χ1) is 8.26. The Labute approximate surface area is 110 Å². The molecule has 1 atom stereocenters. The Balaban J connectivity index is 2.31. The lowest BCUT2D eigenvalue weighted by Gasteiger charge is -2.15. The summed E-state index contributed by atoms with van der Waals surface area (Å²) in [4.78, 5) is 1.33. The first-order valence-corrected chi connectivity index (χ1v) is 7.89. The van der Waals surface area contributed by atoms with Crippen molar-refractivity contribution in [3.05, 3.63) is 24.3 Å². The summed E-state index contributed by atoms with van der Waals surface area (Å²) in [6, 6.07) is 9.24. The highest BCUT2D eigenvalue weighted by Gasteiger charge is 2.02. The van der Waals surface area contributed by atoms with Crippen LogP contribution in [0.15, 0.2) is 29.2 Å². The van der Waals surface area contributed by atoms with Gasteiger partial charge in [-0.25, -0.2) is 0 Å². The lowest BCUT2D eigenvalue weighted by molar-refractivity contribution is 0.594. The lowest BCUT2D eigenvalue weighted by atomic mass is 10.1. The van der Waals surface area contributed by atoms with Gasteiger partial charge in [0.1, 0.15) is 0 Å². The summed E-state index contributed by atoms with van der Waals surface area (Å²) < 4.78 is 0. The standard InChI is InChI=1S/C15H25NS/c1-4-5-6-7-9-13(2)16-14-10-8-11-15(12-14)17-3/h8,10-13,16H,4-7,9H2,1-3H3. The molecule has 0 aliphatic heterocycles. The molecule has 0 aliphatic carbocycles. The Morgan fingerprint density at radius 3 is 2.76 bits per heavy atom. The molecule has 0 saturated carbocycles. The number of thioether (sulfide) groups is 1. The predicted molar refractivity (Wildman–Crippen MR) is 80.1 cm³/mol. The molecule has 0 saturated heterocycles.